The quantitative estimate of drug-likeness (QED) is 0.724. The summed E-state index contributed by atoms with van der Waals surface area (Å²) >= 11 is 0. The molecule has 0 saturated heterocycles. The Morgan fingerprint density at radius 3 is 1.50 bits per heavy atom. The normalized spacial score (nSPS) is 8.22. The van der Waals surface area contributed by atoms with E-state index in [1.807, 2.05) is 50.2 Å². The molecule has 0 bridgehead atoms. The van der Waals surface area contributed by atoms with Gasteiger partial charge in [-0.2, -0.15) is 0 Å². The molecule has 0 fully saturated rings. The van der Waals surface area contributed by atoms with E-state index in [1.165, 1.54) is 5.56 Å². The van der Waals surface area contributed by atoms with Gasteiger partial charge in [0.15, 0.2) is 0 Å². The van der Waals surface area contributed by atoms with Gasteiger partial charge in [0.2, 0.25) is 0 Å². The van der Waals surface area contributed by atoms with Gasteiger partial charge >= 0.3 is 0 Å². The predicted molar refractivity (Wildman–Crippen MR) is 80.2 cm³/mol. The van der Waals surface area contributed by atoms with Gasteiger partial charge in [-0.1, -0.05) is 69.3 Å². The van der Waals surface area contributed by atoms with E-state index in [-0.39, 0.29) is 0 Å². The number of para-hydroxylation sites is 1. The molecule has 0 aliphatic carbocycles. The number of ether oxygens (including phenoxy) is 1. The van der Waals surface area contributed by atoms with Crippen LogP contribution in [0.1, 0.15) is 26.3 Å². The van der Waals surface area contributed by atoms with Crippen molar-refractivity contribution < 1.29 is 4.74 Å². The summed E-state index contributed by atoms with van der Waals surface area (Å²) in [6.07, 6.45) is 1.14. The van der Waals surface area contributed by atoms with E-state index in [4.69, 9.17) is 4.74 Å². The van der Waals surface area contributed by atoms with Gasteiger partial charge in [0.1, 0.15) is 5.75 Å². The van der Waals surface area contributed by atoms with E-state index < -0.39 is 0 Å². The maximum Gasteiger partial charge on any atom is 0.118 e. The zero-order chi connectivity index (χ0) is 13.6. The van der Waals surface area contributed by atoms with Crippen molar-refractivity contribution in [1.82, 2.24) is 0 Å². The third kappa shape index (κ3) is 7.50. The topological polar surface area (TPSA) is 9.23 Å². The molecule has 0 spiro atoms. The van der Waals surface area contributed by atoms with E-state index in [0.29, 0.717) is 0 Å². The van der Waals surface area contributed by atoms with E-state index >= 15 is 0 Å². The lowest BCUT2D eigenvalue weighted by atomic mass is 10.2. The van der Waals surface area contributed by atoms with E-state index in [1.54, 1.807) is 7.11 Å². The first-order valence-electron chi connectivity index (χ1n) is 6.49. The van der Waals surface area contributed by atoms with Crippen molar-refractivity contribution in [2.75, 3.05) is 7.11 Å². The van der Waals surface area contributed by atoms with Crippen LogP contribution < -0.4 is 4.74 Å². The molecule has 2 rings (SSSR count). The van der Waals surface area contributed by atoms with Crippen LogP contribution in [0, 0.1) is 0 Å². The molecule has 1 heteroatoms. The van der Waals surface area contributed by atoms with E-state index in [0.717, 1.165) is 12.2 Å². The van der Waals surface area contributed by atoms with Crippen LogP contribution in [0.2, 0.25) is 0 Å². The zero-order valence-corrected chi connectivity index (χ0v) is 11.9. The fraction of sp³-hybridized carbons (Fsp3) is 0.294. The molecule has 0 atom stereocenters. The summed E-state index contributed by atoms with van der Waals surface area (Å²) in [5.41, 5.74) is 1.41. The van der Waals surface area contributed by atoms with Crippen molar-refractivity contribution in [2.24, 2.45) is 0 Å². The summed E-state index contributed by atoms with van der Waals surface area (Å²) in [4.78, 5) is 0. The average molecular weight is 244 g/mol. The highest BCUT2D eigenvalue weighted by Gasteiger charge is 1.80. The standard InChI is InChI=1S/C8H10.C7H8O.C2H6/c1-2-8-6-4-3-5-7-8;1-8-7-5-3-2-4-6-7;1-2/h3-7H,2H2,1H3;2-6H,1H3;1-2H3. The number of benzene rings is 2. The third-order valence-corrected chi connectivity index (χ3v) is 2.23. The summed E-state index contributed by atoms with van der Waals surface area (Å²) in [5, 5.41) is 0. The Morgan fingerprint density at radius 2 is 1.22 bits per heavy atom. The molecule has 2 aromatic carbocycles. The smallest absolute Gasteiger partial charge is 0.118 e. The van der Waals surface area contributed by atoms with Crippen LogP contribution in [0.4, 0.5) is 0 Å². The summed E-state index contributed by atoms with van der Waals surface area (Å²) in [6.45, 7) is 6.16. The SMILES string of the molecule is CC.CCc1ccccc1.COc1ccccc1. The second-order valence-corrected chi connectivity index (χ2v) is 3.36. The zero-order valence-electron chi connectivity index (χ0n) is 11.9. The first-order chi connectivity index (χ1) is 8.86. The van der Waals surface area contributed by atoms with Gasteiger partial charge in [0.25, 0.3) is 0 Å². The van der Waals surface area contributed by atoms with Crippen molar-refractivity contribution in [3.8, 4) is 5.75 Å². The summed E-state index contributed by atoms with van der Waals surface area (Å²) in [6, 6.07) is 20.1. The number of methoxy groups -OCH3 is 1. The minimum Gasteiger partial charge on any atom is -0.497 e. The Balaban J connectivity index is 0.000000283. The fourth-order valence-corrected chi connectivity index (χ4v) is 1.27. The molecule has 0 radical (unpaired) electrons. The highest BCUT2D eigenvalue weighted by atomic mass is 16.5. The molecule has 0 aliphatic rings. The van der Waals surface area contributed by atoms with Crippen LogP contribution in [0.25, 0.3) is 0 Å². The third-order valence-electron chi connectivity index (χ3n) is 2.23. The van der Waals surface area contributed by atoms with Crippen LogP contribution >= 0.6 is 0 Å². The maximum atomic E-state index is 4.91. The molecule has 0 saturated carbocycles. The first-order valence-corrected chi connectivity index (χ1v) is 6.49. The molecule has 98 valence electrons. The van der Waals surface area contributed by atoms with Gasteiger partial charge in [-0.05, 0) is 24.1 Å². The lowest BCUT2D eigenvalue weighted by Crippen LogP contribution is -1.78. The predicted octanol–water partition coefficient (Wildman–Crippen LogP) is 4.97. The molecular formula is C17H24O. The molecule has 18 heavy (non-hydrogen) atoms. The molecule has 0 unspecified atom stereocenters. The van der Waals surface area contributed by atoms with Crippen LogP contribution in [0.3, 0.4) is 0 Å². The maximum absolute atomic E-state index is 4.91. The Hall–Kier alpha value is -1.76. The molecular weight excluding hydrogens is 220 g/mol. The van der Waals surface area contributed by atoms with Crippen molar-refractivity contribution in [3.63, 3.8) is 0 Å². The van der Waals surface area contributed by atoms with Gasteiger partial charge in [-0.15, -0.1) is 0 Å². The average Bonchev–Trinajstić information content (AvgIpc) is 2.51. The fourth-order valence-electron chi connectivity index (χ4n) is 1.27. The summed E-state index contributed by atoms with van der Waals surface area (Å²) in [5.74, 6) is 0.910. The molecule has 0 amide bonds. The monoisotopic (exact) mass is 244 g/mol. The lowest BCUT2D eigenvalue weighted by molar-refractivity contribution is 0.415. The highest BCUT2D eigenvalue weighted by molar-refractivity contribution is 5.20. The van der Waals surface area contributed by atoms with Crippen LogP contribution in [-0.4, -0.2) is 7.11 Å². The minimum atomic E-state index is 0.910. The number of hydrogen-bond donors (Lipinski definition) is 0. The Bertz CT molecular complexity index is 328. The minimum absolute atomic E-state index is 0.910. The molecule has 0 aromatic heterocycles. The second-order valence-electron chi connectivity index (χ2n) is 3.36. The first kappa shape index (κ1) is 16.2. The van der Waals surface area contributed by atoms with Crippen molar-refractivity contribution in [1.29, 1.82) is 0 Å². The number of hydrogen-bond acceptors (Lipinski definition) is 1. The molecule has 0 aliphatic heterocycles. The van der Waals surface area contributed by atoms with Crippen LogP contribution in [0.15, 0.2) is 60.7 Å². The Labute approximate surface area is 111 Å². The second kappa shape index (κ2) is 11.7. The van der Waals surface area contributed by atoms with Gasteiger partial charge in [-0.3, -0.25) is 0 Å². The van der Waals surface area contributed by atoms with E-state index in [2.05, 4.69) is 31.2 Å². The van der Waals surface area contributed by atoms with Crippen molar-refractivity contribution >= 4 is 0 Å². The molecule has 1 nitrogen and oxygen atoms in total. The van der Waals surface area contributed by atoms with Gasteiger partial charge in [-0.25, -0.2) is 0 Å². The number of aryl methyl sites for hydroxylation is 1. The van der Waals surface area contributed by atoms with Gasteiger partial charge in [0, 0.05) is 0 Å². The van der Waals surface area contributed by atoms with Crippen molar-refractivity contribution in [3.05, 3.63) is 66.2 Å². The summed E-state index contributed by atoms with van der Waals surface area (Å²) < 4.78 is 4.91. The Kier molecular flexibility index (Phi) is 10.6. The summed E-state index contributed by atoms with van der Waals surface area (Å²) in [7, 11) is 1.66. The Morgan fingerprint density at radius 1 is 0.778 bits per heavy atom. The molecule has 0 heterocycles. The van der Waals surface area contributed by atoms with E-state index in [9.17, 15) is 0 Å². The highest BCUT2D eigenvalue weighted by Crippen LogP contribution is 2.05. The lowest BCUT2D eigenvalue weighted by Gasteiger charge is -1.93. The molecule has 0 N–H and O–H groups in total. The number of rotatable bonds is 2. The van der Waals surface area contributed by atoms with Crippen molar-refractivity contribution in [2.45, 2.75) is 27.2 Å². The van der Waals surface area contributed by atoms with Gasteiger partial charge < -0.3 is 4.74 Å². The molecule has 2 aromatic rings. The largest absolute Gasteiger partial charge is 0.497 e. The van der Waals surface area contributed by atoms with Crippen LogP contribution in [0.5, 0.6) is 5.75 Å². The van der Waals surface area contributed by atoms with Gasteiger partial charge in [0.05, 0.1) is 7.11 Å². The van der Waals surface area contributed by atoms with Crippen LogP contribution in [-0.2, 0) is 6.42 Å².